The molecule has 0 bridgehead atoms. The summed E-state index contributed by atoms with van der Waals surface area (Å²) in [6.45, 7) is 6.52. The average Bonchev–Trinajstić information content (AvgIpc) is 3.49. The zero-order chi connectivity index (χ0) is 59.9. The van der Waals surface area contributed by atoms with Gasteiger partial charge in [-0.1, -0.05) is 311 Å². The van der Waals surface area contributed by atoms with Crippen LogP contribution in [0.5, 0.6) is 0 Å². The third-order valence-electron chi connectivity index (χ3n) is 15.5. The largest absolute Gasteiger partial charge is 0.462 e. The quantitative estimate of drug-likeness (QED) is 0.0261. The van der Waals surface area contributed by atoms with Crippen LogP contribution in [0.3, 0.4) is 0 Å². The molecular weight excluding hydrogens is 1020 g/mol. The Balaban J connectivity index is 4.30. The molecule has 1 atom stereocenters. The SMILES string of the molecule is CC/C=C\C/C=C\C/C=C\C/C=C\CCCCCCCCC(=O)OC(COC(=O)CCCCCCCCC/C=C\C/C=C\CCCCC)COC(=O)CCCCCCCCCCCCCCCCCCC/C=C\C/C=C\CCCCCCC. The van der Waals surface area contributed by atoms with Crippen LogP contribution >= 0.6 is 0 Å². The molecule has 0 aliphatic heterocycles. The topological polar surface area (TPSA) is 78.9 Å². The van der Waals surface area contributed by atoms with Crippen LogP contribution in [-0.4, -0.2) is 37.2 Å². The lowest BCUT2D eigenvalue weighted by Gasteiger charge is -2.18. The molecule has 0 heterocycles. The van der Waals surface area contributed by atoms with Crippen LogP contribution in [0.2, 0.25) is 0 Å². The summed E-state index contributed by atoms with van der Waals surface area (Å²) in [4.78, 5) is 38.5. The Labute approximate surface area is 515 Å². The van der Waals surface area contributed by atoms with Crippen molar-refractivity contribution in [3.8, 4) is 0 Å². The van der Waals surface area contributed by atoms with Gasteiger partial charge in [0, 0.05) is 19.3 Å². The third-order valence-corrected chi connectivity index (χ3v) is 15.5. The molecule has 0 aliphatic rings. The first kappa shape index (κ1) is 79.3. The molecule has 0 rings (SSSR count). The fourth-order valence-electron chi connectivity index (χ4n) is 10.2. The van der Waals surface area contributed by atoms with E-state index in [0.29, 0.717) is 19.3 Å². The van der Waals surface area contributed by atoms with Crippen molar-refractivity contribution in [1.82, 2.24) is 0 Å². The van der Waals surface area contributed by atoms with Crippen molar-refractivity contribution in [3.05, 3.63) is 97.2 Å². The van der Waals surface area contributed by atoms with Gasteiger partial charge >= 0.3 is 17.9 Å². The predicted molar refractivity (Wildman–Crippen MR) is 362 cm³/mol. The number of hydrogen-bond acceptors (Lipinski definition) is 6. The fraction of sp³-hybridized carbons (Fsp3) is 0.753. The van der Waals surface area contributed by atoms with Crippen LogP contribution in [0, 0.1) is 0 Å². The number of ether oxygens (including phenoxy) is 3. The van der Waals surface area contributed by atoms with Crippen LogP contribution in [0.4, 0.5) is 0 Å². The zero-order valence-electron chi connectivity index (χ0n) is 54.9. The number of carbonyl (C=O) groups is 3. The van der Waals surface area contributed by atoms with Gasteiger partial charge in [-0.05, 0) is 122 Å². The lowest BCUT2D eigenvalue weighted by Crippen LogP contribution is -2.30. The summed E-state index contributed by atoms with van der Waals surface area (Å²) in [5.74, 6) is -0.890. The molecule has 0 aromatic heterocycles. The minimum atomic E-state index is -0.791. The van der Waals surface area contributed by atoms with E-state index in [-0.39, 0.29) is 31.1 Å². The van der Waals surface area contributed by atoms with Gasteiger partial charge in [-0.3, -0.25) is 14.4 Å². The lowest BCUT2D eigenvalue weighted by molar-refractivity contribution is -0.167. The molecule has 83 heavy (non-hydrogen) atoms. The average molecular weight is 1160 g/mol. The molecule has 0 fully saturated rings. The van der Waals surface area contributed by atoms with Crippen molar-refractivity contribution < 1.29 is 28.6 Å². The molecule has 0 saturated heterocycles. The normalized spacial score (nSPS) is 12.7. The highest BCUT2D eigenvalue weighted by molar-refractivity contribution is 5.71. The second-order valence-electron chi connectivity index (χ2n) is 23.8. The van der Waals surface area contributed by atoms with E-state index < -0.39 is 6.10 Å². The Morgan fingerprint density at radius 2 is 0.470 bits per heavy atom. The van der Waals surface area contributed by atoms with Crippen molar-refractivity contribution in [1.29, 1.82) is 0 Å². The Kier molecular flexibility index (Phi) is 67.7. The highest BCUT2D eigenvalue weighted by Gasteiger charge is 2.19. The molecule has 0 aromatic rings. The first-order chi connectivity index (χ1) is 41.0. The predicted octanol–water partition coefficient (Wildman–Crippen LogP) is 24.8. The van der Waals surface area contributed by atoms with E-state index in [0.717, 1.165) is 116 Å². The number of hydrogen-bond donors (Lipinski definition) is 0. The third kappa shape index (κ3) is 69.0. The zero-order valence-corrected chi connectivity index (χ0v) is 54.9. The minimum absolute atomic E-state index is 0.0839. The van der Waals surface area contributed by atoms with Gasteiger partial charge < -0.3 is 14.2 Å². The highest BCUT2D eigenvalue weighted by atomic mass is 16.6. The lowest BCUT2D eigenvalue weighted by atomic mass is 10.0. The molecule has 6 nitrogen and oxygen atoms in total. The summed E-state index contributed by atoms with van der Waals surface area (Å²) < 4.78 is 17.0. The summed E-state index contributed by atoms with van der Waals surface area (Å²) >= 11 is 0. The van der Waals surface area contributed by atoms with E-state index in [1.807, 2.05) is 0 Å². The summed E-state index contributed by atoms with van der Waals surface area (Å²) in [6.07, 6.45) is 95.7. The molecule has 0 amide bonds. The summed E-state index contributed by atoms with van der Waals surface area (Å²) in [5, 5.41) is 0. The van der Waals surface area contributed by atoms with Crippen molar-refractivity contribution in [2.75, 3.05) is 13.2 Å². The van der Waals surface area contributed by atoms with Crippen LogP contribution < -0.4 is 0 Å². The van der Waals surface area contributed by atoms with E-state index in [1.165, 1.54) is 199 Å². The monoisotopic (exact) mass is 1160 g/mol. The van der Waals surface area contributed by atoms with E-state index in [4.69, 9.17) is 14.2 Å². The molecule has 0 saturated carbocycles. The van der Waals surface area contributed by atoms with E-state index in [1.54, 1.807) is 0 Å². The number of rotatable bonds is 65. The maximum atomic E-state index is 13.0. The number of unbranched alkanes of at least 4 members (excludes halogenated alkanes) is 38. The fourth-order valence-corrected chi connectivity index (χ4v) is 10.2. The van der Waals surface area contributed by atoms with Gasteiger partial charge in [0.2, 0.25) is 0 Å². The van der Waals surface area contributed by atoms with Gasteiger partial charge in [0.15, 0.2) is 6.10 Å². The van der Waals surface area contributed by atoms with Gasteiger partial charge in [0.05, 0.1) is 0 Å². The molecule has 6 heteroatoms. The van der Waals surface area contributed by atoms with Crippen molar-refractivity contribution >= 4 is 17.9 Å². The van der Waals surface area contributed by atoms with E-state index in [9.17, 15) is 14.4 Å². The molecule has 0 N–H and O–H groups in total. The molecule has 0 radical (unpaired) electrons. The van der Waals surface area contributed by atoms with Gasteiger partial charge in [-0.2, -0.15) is 0 Å². The summed E-state index contributed by atoms with van der Waals surface area (Å²) in [7, 11) is 0. The maximum Gasteiger partial charge on any atom is 0.306 e. The number of esters is 3. The van der Waals surface area contributed by atoms with Crippen molar-refractivity contribution in [2.24, 2.45) is 0 Å². The van der Waals surface area contributed by atoms with Gasteiger partial charge in [-0.15, -0.1) is 0 Å². The van der Waals surface area contributed by atoms with Crippen LogP contribution in [-0.2, 0) is 28.6 Å². The number of allylic oxidation sites excluding steroid dienone is 16. The summed E-state index contributed by atoms with van der Waals surface area (Å²) in [5.41, 5.74) is 0. The summed E-state index contributed by atoms with van der Waals surface area (Å²) in [6, 6.07) is 0. The Hall–Kier alpha value is -3.67. The first-order valence-corrected chi connectivity index (χ1v) is 35.7. The van der Waals surface area contributed by atoms with Gasteiger partial charge in [0.1, 0.15) is 13.2 Å². The molecule has 1 unspecified atom stereocenters. The highest BCUT2D eigenvalue weighted by Crippen LogP contribution is 2.17. The van der Waals surface area contributed by atoms with Crippen molar-refractivity contribution in [3.63, 3.8) is 0 Å². The van der Waals surface area contributed by atoms with E-state index in [2.05, 4.69) is 118 Å². The van der Waals surface area contributed by atoms with Crippen LogP contribution in [0.15, 0.2) is 97.2 Å². The maximum absolute atomic E-state index is 13.0. The van der Waals surface area contributed by atoms with Gasteiger partial charge in [0.25, 0.3) is 0 Å². The van der Waals surface area contributed by atoms with Crippen LogP contribution in [0.1, 0.15) is 355 Å². The Morgan fingerprint density at radius 1 is 0.253 bits per heavy atom. The Morgan fingerprint density at radius 3 is 0.759 bits per heavy atom. The minimum Gasteiger partial charge on any atom is -0.462 e. The van der Waals surface area contributed by atoms with Crippen molar-refractivity contribution in [2.45, 2.75) is 361 Å². The molecule has 0 aliphatic carbocycles. The first-order valence-electron chi connectivity index (χ1n) is 35.7. The Bertz CT molecular complexity index is 1610. The molecule has 478 valence electrons. The standard InChI is InChI=1S/C77H134O6/c1-4-7-10-13-16-19-22-25-28-31-33-34-35-36-37-38-39-40-41-42-44-46-49-52-55-58-61-64-67-70-76(79)82-73-74(72-81-75(78)69-66-63-60-57-54-51-48-45-30-27-24-21-18-15-12-9-6-3)83-77(80)71-68-65-62-59-56-53-50-47-43-32-29-26-23-20-17-14-11-8-5-2/h8,11,17-18,20-22,25-27,29-31,33,43,47,74H,4-7,9-10,12-16,19,23-24,28,32,34-42,44-46,48-73H2,1-3H3/b11-8-,20-17-,21-18-,25-22-,29-26-,30-27-,33-31-,47-43-. The van der Waals surface area contributed by atoms with Gasteiger partial charge in [-0.25, -0.2) is 0 Å². The molecule has 0 spiro atoms. The molecule has 0 aromatic carbocycles. The molecular formula is C77H134O6. The van der Waals surface area contributed by atoms with E-state index >= 15 is 0 Å². The second kappa shape index (κ2) is 70.8. The smallest absolute Gasteiger partial charge is 0.306 e. The van der Waals surface area contributed by atoms with Crippen LogP contribution in [0.25, 0.3) is 0 Å². The number of carbonyl (C=O) groups excluding carboxylic acids is 3. The second-order valence-corrected chi connectivity index (χ2v) is 23.8.